The molecule has 0 spiro atoms. The van der Waals surface area contributed by atoms with E-state index in [0.717, 1.165) is 17.3 Å². The summed E-state index contributed by atoms with van der Waals surface area (Å²) in [7, 11) is 0. The van der Waals surface area contributed by atoms with E-state index in [9.17, 15) is 9.59 Å². The molecule has 2 aromatic carbocycles. The molecule has 0 atom stereocenters. The summed E-state index contributed by atoms with van der Waals surface area (Å²) in [6.45, 7) is 3.30. The Labute approximate surface area is 128 Å². The Hall–Kier alpha value is -3.08. The molecule has 0 radical (unpaired) electrons. The van der Waals surface area contributed by atoms with Gasteiger partial charge < -0.3 is 9.84 Å². The quantitative estimate of drug-likeness (QED) is 0.925. The van der Waals surface area contributed by atoms with Crippen LogP contribution in [0.2, 0.25) is 0 Å². The van der Waals surface area contributed by atoms with Crippen molar-refractivity contribution in [3.05, 3.63) is 84.6 Å². The number of nitrogens with zero attached hydrogens (tertiary/aromatic N) is 1. The topological polar surface area (TPSA) is 66.8 Å². The van der Waals surface area contributed by atoms with Crippen molar-refractivity contribution in [1.29, 1.82) is 0 Å². The highest BCUT2D eigenvalue weighted by Gasteiger charge is 2.25. The largest absolute Gasteiger partial charge is 0.464 e. The number of benzene rings is 2. The molecule has 0 saturated heterocycles. The fourth-order valence-electron chi connectivity index (χ4n) is 1.97. The fourth-order valence-corrected chi connectivity index (χ4v) is 1.97. The monoisotopic (exact) mass is 297 g/mol. The van der Waals surface area contributed by atoms with Gasteiger partial charge in [0, 0.05) is 6.20 Å². The Morgan fingerprint density at radius 2 is 1.45 bits per heavy atom. The van der Waals surface area contributed by atoms with Crippen molar-refractivity contribution in [1.82, 2.24) is 4.90 Å². The lowest BCUT2D eigenvalue weighted by molar-refractivity contribution is 0.0864. The second kappa shape index (κ2) is 7.08. The Kier molecular flexibility index (Phi) is 4.93. The lowest BCUT2D eigenvalue weighted by atomic mass is 10.0. The van der Waals surface area contributed by atoms with E-state index in [4.69, 9.17) is 9.84 Å². The molecule has 0 aromatic heterocycles. The first-order valence-electron chi connectivity index (χ1n) is 6.58. The number of rotatable bonds is 4. The minimum atomic E-state index is -1.44. The molecule has 2 rings (SSSR count). The third-order valence-corrected chi connectivity index (χ3v) is 3.01. The number of amides is 2. The average molecular weight is 297 g/mol. The van der Waals surface area contributed by atoms with Crippen molar-refractivity contribution in [3.63, 3.8) is 0 Å². The van der Waals surface area contributed by atoms with E-state index in [-0.39, 0.29) is 0 Å². The van der Waals surface area contributed by atoms with Crippen LogP contribution in [0.1, 0.15) is 17.2 Å². The summed E-state index contributed by atoms with van der Waals surface area (Å²) in [5.74, 6) is 0. The SMILES string of the molecule is C=CN(C(=O)O)C(=O)OC(c1ccccc1)c1ccccc1. The normalized spacial score (nSPS) is 10.0. The van der Waals surface area contributed by atoms with E-state index in [1.807, 2.05) is 60.7 Å². The highest BCUT2D eigenvalue weighted by atomic mass is 16.6. The standard InChI is InChI=1S/C17H15NO4/c1-2-18(16(19)20)17(21)22-15(13-9-5-3-6-10-13)14-11-7-4-8-12-14/h2-12,15H,1H2,(H,19,20). The number of carboxylic acid groups (broad SMARTS) is 1. The molecule has 0 heterocycles. The van der Waals surface area contributed by atoms with Crippen LogP contribution in [0.15, 0.2) is 73.4 Å². The lowest BCUT2D eigenvalue weighted by Gasteiger charge is -2.21. The van der Waals surface area contributed by atoms with Gasteiger partial charge in [0.1, 0.15) is 0 Å². The Morgan fingerprint density at radius 1 is 1.00 bits per heavy atom. The van der Waals surface area contributed by atoms with Crippen LogP contribution in [-0.4, -0.2) is 22.2 Å². The Bertz CT molecular complexity index is 615. The van der Waals surface area contributed by atoms with Crippen molar-refractivity contribution in [2.24, 2.45) is 0 Å². The van der Waals surface area contributed by atoms with Crippen molar-refractivity contribution in [2.75, 3.05) is 0 Å². The van der Waals surface area contributed by atoms with Gasteiger partial charge in [-0.3, -0.25) is 0 Å². The second-order valence-corrected chi connectivity index (χ2v) is 4.42. The fraction of sp³-hybridized carbons (Fsp3) is 0.0588. The summed E-state index contributed by atoms with van der Waals surface area (Å²) in [5.41, 5.74) is 1.49. The zero-order valence-electron chi connectivity index (χ0n) is 11.8. The molecule has 2 amide bonds. The van der Waals surface area contributed by atoms with Crippen LogP contribution in [0, 0.1) is 0 Å². The summed E-state index contributed by atoms with van der Waals surface area (Å²) in [6, 6.07) is 18.2. The molecular weight excluding hydrogens is 282 g/mol. The van der Waals surface area contributed by atoms with Gasteiger partial charge in [0.05, 0.1) is 0 Å². The molecule has 0 saturated carbocycles. The maximum absolute atomic E-state index is 12.0. The highest BCUT2D eigenvalue weighted by molar-refractivity contribution is 5.88. The second-order valence-electron chi connectivity index (χ2n) is 4.42. The Balaban J connectivity index is 2.32. The minimum absolute atomic E-state index is 0.402. The van der Waals surface area contributed by atoms with E-state index < -0.39 is 18.3 Å². The number of carbonyl (C=O) groups is 2. The maximum Gasteiger partial charge on any atom is 0.424 e. The summed E-state index contributed by atoms with van der Waals surface area (Å²) < 4.78 is 5.37. The van der Waals surface area contributed by atoms with Crippen LogP contribution >= 0.6 is 0 Å². The van der Waals surface area contributed by atoms with Gasteiger partial charge in [0.15, 0.2) is 6.10 Å². The summed E-state index contributed by atoms with van der Waals surface area (Å²) in [4.78, 5) is 23.4. The van der Waals surface area contributed by atoms with Crippen molar-refractivity contribution >= 4 is 12.2 Å². The van der Waals surface area contributed by atoms with Crippen LogP contribution in [0.3, 0.4) is 0 Å². The molecule has 112 valence electrons. The number of ether oxygens (including phenoxy) is 1. The van der Waals surface area contributed by atoms with Gasteiger partial charge >= 0.3 is 12.2 Å². The molecule has 1 N–H and O–H groups in total. The zero-order chi connectivity index (χ0) is 15.9. The van der Waals surface area contributed by atoms with Crippen molar-refractivity contribution in [2.45, 2.75) is 6.10 Å². The molecular formula is C17H15NO4. The lowest BCUT2D eigenvalue weighted by Crippen LogP contribution is -2.32. The van der Waals surface area contributed by atoms with Gasteiger partial charge in [0.2, 0.25) is 0 Å². The molecule has 0 aliphatic heterocycles. The first-order chi connectivity index (χ1) is 10.6. The zero-order valence-corrected chi connectivity index (χ0v) is 11.8. The van der Waals surface area contributed by atoms with E-state index in [1.165, 1.54) is 0 Å². The molecule has 0 fully saturated rings. The smallest absolute Gasteiger partial charge is 0.424 e. The Morgan fingerprint density at radius 3 is 1.82 bits per heavy atom. The molecule has 0 aliphatic rings. The number of carbonyl (C=O) groups excluding carboxylic acids is 1. The van der Waals surface area contributed by atoms with Crippen LogP contribution in [0.5, 0.6) is 0 Å². The van der Waals surface area contributed by atoms with Crippen LogP contribution in [0.4, 0.5) is 9.59 Å². The molecule has 0 unspecified atom stereocenters. The maximum atomic E-state index is 12.0. The van der Waals surface area contributed by atoms with Gasteiger partial charge in [-0.25, -0.2) is 9.59 Å². The number of hydrogen-bond acceptors (Lipinski definition) is 3. The number of hydrogen-bond donors (Lipinski definition) is 1. The summed E-state index contributed by atoms with van der Waals surface area (Å²) in [5, 5.41) is 8.95. The molecule has 2 aromatic rings. The third-order valence-electron chi connectivity index (χ3n) is 3.01. The van der Waals surface area contributed by atoms with E-state index >= 15 is 0 Å². The predicted molar refractivity (Wildman–Crippen MR) is 81.3 cm³/mol. The van der Waals surface area contributed by atoms with E-state index in [2.05, 4.69) is 6.58 Å². The van der Waals surface area contributed by atoms with Crippen molar-refractivity contribution < 1.29 is 19.4 Å². The molecule has 0 aliphatic carbocycles. The molecule has 5 nitrogen and oxygen atoms in total. The van der Waals surface area contributed by atoms with Gasteiger partial charge in [0.25, 0.3) is 0 Å². The molecule has 0 bridgehead atoms. The average Bonchev–Trinajstić information content (AvgIpc) is 2.54. The van der Waals surface area contributed by atoms with Crippen LogP contribution in [0.25, 0.3) is 0 Å². The van der Waals surface area contributed by atoms with Crippen LogP contribution in [-0.2, 0) is 4.74 Å². The van der Waals surface area contributed by atoms with Gasteiger partial charge in [-0.2, -0.15) is 4.90 Å². The van der Waals surface area contributed by atoms with E-state index in [0.29, 0.717) is 4.90 Å². The van der Waals surface area contributed by atoms with Gasteiger partial charge in [-0.15, -0.1) is 0 Å². The first-order valence-corrected chi connectivity index (χ1v) is 6.58. The number of imide groups is 1. The third kappa shape index (κ3) is 3.52. The van der Waals surface area contributed by atoms with Crippen molar-refractivity contribution in [3.8, 4) is 0 Å². The summed E-state index contributed by atoms with van der Waals surface area (Å²) in [6.07, 6.45) is -2.24. The first kappa shape index (κ1) is 15.3. The molecule has 22 heavy (non-hydrogen) atoms. The van der Waals surface area contributed by atoms with Gasteiger partial charge in [-0.05, 0) is 11.1 Å². The summed E-state index contributed by atoms with van der Waals surface area (Å²) >= 11 is 0. The van der Waals surface area contributed by atoms with Gasteiger partial charge in [-0.1, -0.05) is 67.2 Å². The van der Waals surface area contributed by atoms with E-state index in [1.54, 1.807) is 0 Å². The van der Waals surface area contributed by atoms with Crippen LogP contribution < -0.4 is 0 Å². The molecule has 5 heteroatoms. The minimum Gasteiger partial charge on any atom is -0.464 e. The predicted octanol–water partition coefficient (Wildman–Crippen LogP) is 4.04. The highest BCUT2D eigenvalue weighted by Crippen LogP contribution is 2.26.